The third-order valence-corrected chi connectivity index (χ3v) is 7.43. The molecule has 1 saturated carbocycles. The number of amides is 2. The Balaban J connectivity index is 1.42. The van der Waals surface area contributed by atoms with E-state index in [2.05, 4.69) is 22.9 Å². The highest BCUT2D eigenvalue weighted by Gasteiger charge is 2.35. The first kappa shape index (κ1) is 24.2. The molecule has 1 atom stereocenters. The zero-order chi connectivity index (χ0) is 25.1. The number of hydrogen-bond acceptors (Lipinski definition) is 3. The number of para-hydroxylation sites is 1. The largest absolute Gasteiger partial charge is 0.457 e. The van der Waals surface area contributed by atoms with E-state index in [1.165, 1.54) is 0 Å². The van der Waals surface area contributed by atoms with Crippen molar-refractivity contribution in [2.45, 2.75) is 58.2 Å². The van der Waals surface area contributed by atoms with Crippen molar-refractivity contribution in [3.8, 4) is 11.5 Å². The lowest BCUT2D eigenvalue weighted by Gasteiger charge is -2.39. The van der Waals surface area contributed by atoms with Crippen molar-refractivity contribution in [3.05, 3.63) is 84.2 Å². The molecule has 0 spiro atoms. The van der Waals surface area contributed by atoms with E-state index in [1.54, 1.807) is 4.90 Å². The summed E-state index contributed by atoms with van der Waals surface area (Å²) in [6, 6.07) is 21.5. The average Bonchev–Trinajstić information content (AvgIpc) is 3.59. The van der Waals surface area contributed by atoms with E-state index < -0.39 is 0 Å². The molecule has 1 fully saturated rings. The highest BCUT2D eigenvalue weighted by Crippen LogP contribution is 2.35. The van der Waals surface area contributed by atoms with E-state index in [0.717, 1.165) is 55.0 Å². The first-order valence-electron chi connectivity index (χ1n) is 13.1. The molecule has 0 N–H and O–H groups in total. The Morgan fingerprint density at radius 3 is 2.44 bits per heavy atom. The predicted molar refractivity (Wildman–Crippen MR) is 140 cm³/mol. The van der Waals surface area contributed by atoms with E-state index in [-0.39, 0.29) is 36.4 Å². The molecule has 6 heteroatoms. The highest BCUT2D eigenvalue weighted by atomic mass is 16.5. The Morgan fingerprint density at radius 1 is 0.944 bits per heavy atom. The molecule has 5 rings (SSSR count). The average molecular weight is 486 g/mol. The quantitative estimate of drug-likeness (QED) is 0.435. The predicted octanol–water partition coefficient (Wildman–Crippen LogP) is 5.64. The van der Waals surface area contributed by atoms with E-state index in [4.69, 9.17) is 4.74 Å². The molecule has 0 saturated heterocycles. The second kappa shape index (κ2) is 10.6. The van der Waals surface area contributed by atoms with Crippen molar-refractivity contribution in [2.24, 2.45) is 5.92 Å². The van der Waals surface area contributed by atoms with E-state index >= 15 is 0 Å². The van der Waals surface area contributed by atoms with Crippen molar-refractivity contribution in [1.82, 2.24) is 14.4 Å². The number of rotatable bonds is 7. The number of nitrogens with zero attached hydrogens (tertiary/aromatic N) is 3. The van der Waals surface area contributed by atoms with Gasteiger partial charge < -0.3 is 19.1 Å². The summed E-state index contributed by atoms with van der Waals surface area (Å²) in [4.78, 5) is 30.8. The first-order chi connectivity index (χ1) is 17.5. The smallest absolute Gasteiger partial charge is 0.243 e. The maximum atomic E-state index is 13.8. The van der Waals surface area contributed by atoms with Crippen LogP contribution < -0.4 is 4.74 Å². The number of fused-ring (bicyclic) bond motifs is 1. The summed E-state index contributed by atoms with van der Waals surface area (Å²) >= 11 is 0. The summed E-state index contributed by atoms with van der Waals surface area (Å²) in [7, 11) is 0. The molecule has 0 radical (unpaired) electrons. The molecule has 1 aromatic heterocycles. The molecule has 188 valence electrons. The molecule has 2 aliphatic rings. The van der Waals surface area contributed by atoms with Crippen LogP contribution in [-0.4, -0.2) is 45.3 Å². The lowest BCUT2D eigenvalue weighted by atomic mass is 9.99. The van der Waals surface area contributed by atoms with Crippen LogP contribution in [0.25, 0.3) is 0 Å². The van der Waals surface area contributed by atoms with Crippen LogP contribution >= 0.6 is 0 Å². The Morgan fingerprint density at radius 2 is 1.69 bits per heavy atom. The van der Waals surface area contributed by atoms with Crippen LogP contribution in [0, 0.1) is 5.92 Å². The summed E-state index contributed by atoms with van der Waals surface area (Å²) in [5.41, 5.74) is 2.07. The van der Waals surface area contributed by atoms with Gasteiger partial charge in [0.15, 0.2) is 0 Å². The molecular formula is C30H35N3O3. The highest BCUT2D eigenvalue weighted by molar-refractivity contribution is 5.87. The SMILES string of the molecule is CC(C)N(CC(=O)N1CCn2cccc2C1c1cccc(Oc2ccccc2)c1)C(=O)C1CCCC1. The molecule has 2 amide bonds. The minimum atomic E-state index is -0.240. The maximum absolute atomic E-state index is 13.8. The molecule has 1 unspecified atom stereocenters. The molecule has 2 heterocycles. The standard InChI is InChI=1S/C30H35N3O3/c1-22(2)33(30(35)23-10-6-7-11-23)21-28(34)32-19-18-31-17-9-16-27(31)29(32)24-12-8-15-26(20-24)36-25-13-4-3-5-14-25/h3-5,8-9,12-17,20,22-23,29H,6-7,10-11,18-19,21H2,1-2H3. The Hall–Kier alpha value is -3.54. The van der Waals surface area contributed by atoms with Crippen LogP contribution in [0.3, 0.4) is 0 Å². The number of benzene rings is 2. The Labute approximate surface area is 213 Å². The van der Waals surface area contributed by atoms with Crippen LogP contribution in [0.2, 0.25) is 0 Å². The van der Waals surface area contributed by atoms with Crippen molar-refractivity contribution >= 4 is 11.8 Å². The van der Waals surface area contributed by atoms with Gasteiger partial charge >= 0.3 is 0 Å². The third-order valence-electron chi connectivity index (χ3n) is 7.43. The summed E-state index contributed by atoms with van der Waals surface area (Å²) in [6.45, 7) is 5.46. The van der Waals surface area contributed by atoms with Crippen LogP contribution in [0.4, 0.5) is 0 Å². The van der Waals surface area contributed by atoms with Gasteiger partial charge in [0, 0.05) is 36.9 Å². The minimum Gasteiger partial charge on any atom is -0.457 e. The topological polar surface area (TPSA) is 54.8 Å². The second-order valence-electron chi connectivity index (χ2n) is 10.1. The number of carbonyl (C=O) groups is 2. The summed E-state index contributed by atoms with van der Waals surface area (Å²) in [5.74, 6) is 1.68. The van der Waals surface area contributed by atoms with Gasteiger partial charge in [0.1, 0.15) is 18.0 Å². The van der Waals surface area contributed by atoms with Gasteiger partial charge in [-0.2, -0.15) is 0 Å². The normalized spacial score (nSPS) is 17.8. The van der Waals surface area contributed by atoms with E-state index in [0.29, 0.717) is 6.54 Å². The van der Waals surface area contributed by atoms with Gasteiger partial charge in [-0.1, -0.05) is 43.2 Å². The van der Waals surface area contributed by atoms with Crippen LogP contribution in [0.15, 0.2) is 72.9 Å². The number of aromatic nitrogens is 1. The van der Waals surface area contributed by atoms with Gasteiger partial charge in [-0.15, -0.1) is 0 Å². The molecule has 2 aromatic carbocycles. The third kappa shape index (κ3) is 5.03. The van der Waals surface area contributed by atoms with E-state index in [9.17, 15) is 9.59 Å². The van der Waals surface area contributed by atoms with Gasteiger partial charge in [0.25, 0.3) is 0 Å². The molecule has 1 aliphatic carbocycles. The van der Waals surface area contributed by atoms with Crippen LogP contribution in [0.5, 0.6) is 11.5 Å². The number of hydrogen-bond donors (Lipinski definition) is 0. The van der Waals surface area contributed by atoms with Crippen molar-refractivity contribution in [1.29, 1.82) is 0 Å². The molecule has 36 heavy (non-hydrogen) atoms. The number of carbonyl (C=O) groups excluding carboxylic acids is 2. The summed E-state index contributed by atoms with van der Waals surface area (Å²) < 4.78 is 8.31. The van der Waals surface area contributed by atoms with Gasteiger partial charge in [0.05, 0.1) is 6.04 Å². The minimum absolute atomic E-state index is 0.0122. The lowest BCUT2D eigenvalue weighted by Crippen LogP contribution is -2.50. The maximum Gasteiger partial charge on any atom is 0.243 e. The van der Waals surface area contributed by atoms with Crippen LogP contribution in [0.1, 0.15) is 56.8 Å². The van der Waals surface area contributed by atoms with Gasteiger partial charge in [-0.25, -0.2) is 0 Å². The molecule has 0 bridgehead atoms. The second-order valence-corrected chi connectivity index (χ2v) is 10.1. The zero-order valence-corrected chi connectivity index (χ0v) is 21.2. The van der Waals surface area contributed by atoms with Crippen molar-refractivity contribution < 1.29 is 14.3 Å². The Bertz CT molecular complexity index is 1200. The fourth-order valence-corrected chi connectivity index (χ4v) is 5.53. The van der Waals surface area contributed by atoms with Crippen molar-refractivity contribution in [2.75, 3.05) is 13.1 Å². The molecular weight excluding hydrogens is 450 g/mol. The first-order valence-corrected chi connectivity index (χ1v) is 13.1. The monoisotopic (exact) mass is 485 g/mol. The van der Waals surface area contributed by atoms with Gasteiger partial charge in [-0.05, 0) is 68.7 Å². The van der Waals surface area contributed by atoms with Crippen molar-refractivity contribution in [3.63, 3.8) is 0 Å². The molecule has 1 aliphatic heterocycles. The zero-order valence-electron chi connectivity index (χ0n) is 21.2. The van der Waals surface area contributed by atoms with E-state index in [1.807, 2.05) is 73.3 Å². The Kier molecular flexibility index (Phi) is 7.12. The molecule has 3 aromatic rings. The summed E-state index contributed by atoms with van der Waals surface area (Å²) in [6.07, 6.45) is 6.14. The van der Waals surface area contributed by atoms with Gasteiger partial charge in [-0.3, -0.25) is 9.59 Å². The fourth-order valence-electron chi connectivity index (χ4n) is 5.53. The van der Waals surface area contributed by atoms with Gasteiger partial charge in [0.2, 0.25) is 11.8 Å². The summed E-state index contributed by atoms with van der Waals surface area (Å²) in [5, 5.41) is 0. The van der Waals surface area contributed by atoms with Crippen LogP contribution in [-0.2, 0) is 16.1 Å². The fraction of sp³-hybridized carbons (Fsp3) is 0.400. The number of ether oxygens (including phenoxy) is 1. The molecule has 6 nitrogen and oxygen atoms in total. The lowest BCUT2D eigenvalue weighted by molar-refractivity contribution is -0.145.